The summed E-state index contributed by atoms with van der Waals surface area (Å²) in [6.07, 6.45) is 0.503. The molecule has 0 bridgehead atoms. The van der Waals surface area contributed by atoms with E-state index in [4.69, 9.17) is 4.74 Å². The van der Waals surface area contributed by atoms with Crippen molar-refractivity contribution >= 4 is 5.91 Å². The van der Waals surface area contributed by atoms with Crippen molar-refractivity contribution in [2.75, 3.05) is 20.3 Å². The summed E-state index contributed by atoms with van der Waals surface area (Å²) in [6.45, 7) is 2.55. The molecule has 1 amide bonds. The predicted molar refractivity (Wildman–Crippen MR) is 90.6 cm³/mol. The predicted octanol–water partition coefficient (Wildman–Crippen LogP) is 3.28. The largest absolute Gasteiger partial charge is 0.494 e. The van der Waals surface area contributed by atoms with Crippen LogP contribution in [0.2, 0.25) is 0 Å². The fourth-order valence-corrected chi connectivity index (χ4v) is 2.59. The summed E-state index contributed by atoms with van der Waals surface area (Å²) >= 11 is 0. The van der Waals surface area contributed by atoms with E-state index in [0.717, 1.165) is 11.3 Å². The number of rotatable bonds is 7. The summed E-state index contributed by atoms with van der Waals surface area (Å²) in [7, 11) is 1.77. The van der Waals surface area contributed by atoms with Crippen molar-refractivity contribution in [3.63, 3.8) is 0 Å². The minimum Gasteiger partial charge on any atom is -0.494 e. The minimum atomic E-state index is -0.153. The van der Waals surface area contributed by atoms with Gasteiger partial charge >= 0.3 is 0 Å². The van der Waals surface area contributed by atoms with Crippen molar-refractivity contribution < 1.29 is 14.6 Å². The van der Waals surface area contributed by atoms with Gasteiger partial charge in [0.25, 0.3) is 5.91 Å². The first-order valence-corrected chi connectivity index (χ1v) is 7.83. The maximum atomic E-state index is 12.7. The highest BCUT2D eigenvalue weighted by Gasteiger charge is 2.22. The number of benzene rings is 2. The van der Waals surface area contributed by atoms with E-state index >= 15 is 0 Å². The van der Waals surface area contributed by atoms with Crippen LogP contribution in [0.5, 0.6) is 5.75 Å². The lowest BCUT2D eigenvalue weighted by atomic mass is 10.0. The maximum Gasteiger partial charge on any atom is 0.254 e. The van der Waals surface area contributed by atoms with Gasteiger partial charge in [0, 0.05) is 19.2 Å². The molecule has 0 fully saturated rings. The summed E-state index contributed by atoms with van der Waals surface area (Å²) in [6, 6.07) is 16.8. The highest BCUT2D eigenvalue weighted by atomic mass is 16.5. The fourth-order valence-electron chi connectivity index (χ4n) is 2.59. The fraction of sp³-hybridized carbons (Fsp3) is 0.316. The molecule has 23 heavy (non-hydrogen) atoms. The molecule has 1 unspecified atom stereocenters. The number of carbonyl (C=O) groups excluding carboxylic acids is 1. The van der Waals surface area contributed by atoms with Crippen molar-refractivity contribution in [2.24, 2.45) is 0 Å². The van der Waals surface area contributed by atoms with Crippen LogP contribution in [0, 0.1) is 0 Å². The Balaban J connectivity index is 2.18. The number of aliphatic hydroxyl groups excluding tert-OH is 1. The van der Waals surface area contributed by atoms with Crippen LogP contribution < -0.4 is 4.74 Å². The van der Waals surface area contributed by atoms with Gasteiger partial charge in [-0.15, -0.1) is 0 Å². The molecule has 1 atom stereocenters. The van der Waals surface area contributed by atoms with Crippen molar-refractivity contribution in [1.82, 2.24) is 4.90 Å². The second-order valence-corrected chi connectivity index (χ2v) is 5.31. The molecule has 4 nitrogen and oxygen atoms in total. The third-order valence-corrected chi connectivity index (χ3v) is 3.79. The van der Waals surface area contributed by atoms with Crippen LogP contribution in [0.25, 0.3) is 0 Å². The zero-order valence-corrected chi connectivity index (χ0v) is 13.6. The Hall–Kier alpha value is -2.33. The first kappa shape index (κ1) is 17.0. The Bertz CT molecular complexity index is 610. The monoisotopic (exact) mass is 313 g/mol. The molecular weight excluding hydrogens is 290 g/mol. The Kier molecular flexibility index (Phi) is 6.18. The number of hydrogen-bond donors (Lipinski definition) is 1. The summed E-state index contributed by atoms with van der Waals surface area (Å²) in [5.41, 5.74) is 1.62. The lowest BCUT2D eigenvalue weighted by molar-refractivity contribution is 0.0705. The van der Waals surface area contributed by atoms with Crippen LogP contribution >= 0.6 is 0 Å². The van der Waals surface area contributed by atoms with Gasteiger partial charge in [0.1, 0.15) is 5.75 Å². The normalized spacial score (nSPS) is 11.8. The van der Waals surface area contributed by atoms with E-state index in [2.05, 4.69) is 0 Å². The lowest BCUT2D eigenvalue weighted by Crippen LogP contribution is -2.31. The zero-order valence-electron chi connectivity index (χ0n) is 13.6. The highest BCUT2D eigenvalue weighted by Crippen LogP contribution is 2.25. The van der Waals surface area contributed by atoms with Gasteiger partial charge in [-0.2, -0.15) is 0 Å². The van der Waals surface area contributed by atoms with E-state index in [0.29, 0.717) is 18.6 Å². The second kappa shape index (κ2) is 8.34. The maximum absolute atomic E-state index is 12.7. The van der Waals surface area contributed by atoms with Gasteiger partial charge < -0.3 is 14.7 Å². The van der Waals surface area contributed by atoms with Crippen molar-refractivity contribution in [1.29, 1.82) is 0 Å². The molecule has 1 N–H and O–H groups in total. The van der Waals surface area contributed by atoms with Crippen molar-refractivity contribution in [2.45, 2.75) is 19.4 Å². The molecule has 2 rings (SSSR count). The molecule has 2 aromatic rings. The van der Waals surface area contributed by atoms with Crippen LogP contribution in [0.3, 0.4) is 0 Å². The number of aliphatic hydroxyl groups is 1. The first-order chi connectivity index (χ1) is 11.2. The van der Waals surface area contributed by atoms with E-state index < -0.39 is 0 Å². The molecule has 0 aliphatic rings. The number of carbonyl (C=O) groups is 1. The topological polar surface area (TPSA) is 49.8 Å². The molecule has 0 saturated carbocycles. The molecule has 122 valence electrons. The summed E-state index contributed by atoms with van der Waals surface area (Å²) in [5, 5.41) is 9.34. The number of nitrogens with zero attached hydrogens (tertiary/aromatic N) is 1. The molecular formula is C19H23NO3. The van der Waals surface area contributed by atoms with Crippen molar-refractivity contribution in [3.8, 4) is 5.75 Å². The van der Waals surface area contributed by atoms with Gasteiger partial charge in [0.15, 0.2) is 0 Å². The van der Waals surface area contributed by atoms with Gasteiger partial charge in [-0.3, -0.25) is 4.79 Å². The third-order valence-electron chi connectivity index (χ3n) is 3.79. The third kappa shape index (κ3) is 4.33. The van der Waals surface area contributed by atoms with Gasteiger partial charge in [0.2, 0.25) is 0 Å². The average molecular weight is 313 g/mol. The summed E-state index contributed by atoms with van der Waals surface area (Å²) in [4.78, 5) is 14.4. The number of amides is 1. The molecule has 0 aliphatic carbocycles. The van der Waals surface area contributed by atoms with E-state index in [1.54, 1.807) is 36.2 Å². The Morgan fingerprint density at radius 2 is 1.78 bits per heavy atom. The molecule has 0 spiro atoms. The van der Waals surface area contributed by atoms with Gasteiger partial charge in [0.05, 0.1) is 12.6 Å². The molecule has 0 aliphatic heterocycles. The first-order valence-electron chi connectivity index (χ1n) is 7.83. The smallest absolute Gasteiger partial charge is 0.254 e. The van der Waals surface area contributed by atoms with Gasteiger partial charge in [-0.1, -0.05) is 30.3 Å². The molecule has 0 heterocycles. The Morgan fingerprint density at radius 1 is 1.13 bits per heavy atom. The highest BCUT2D eigenvalue weighted by molar-refractivity contribution is 5.94. The Morgan fingerprint density at radius 3 is 2.35 bits per heavy atom. The average Bonchev–Trinajstić information content (AvgIpc) is 2.60. The zero-order chi connectivity index (χ0) is 16.7. The summed E-state index contributed by atoms with van der Waals surface area (Å²) < 4.78 is 5.40. The lowest BCUT2D eigenvalue weighted by Gasteiger charge is -2.28. The van der Waals surface area contributed by atoms with Crippen LogP contribution in [0.4, 0.5) is 0 Å². The summed E-state index contributed by atoms with van der Waals surface area (Å²) in [5.74, 6) is 0.678. The van der Waals surface area contributed by atoms with E-state index in [1.165, 1.54) is 0 Å². The van der Waals surface area contributed by atoms with E-state index in [9.17, 15) is 9.90 Å². The van der Waals surface area contributed by atoms with Crippen LogP contribution in [0.15, 0.2) is 54.6 Å². The molecule has 0 aromatic heterocycles. The van der Waals surface area contributed by atoms with Crippen LogP contribution in [0.1, 0.15) is 35.3 Å². The van der Waals surface area contributed by atoms with Crippen LogP contribution in [-0.4, -0.2) is 36.2 Å². The van der Waals surface area contributed by atoms with E-state index in [-0.39, 0.29) is 18.6 Å². The van der Waals surface area contributed by atoms with Gasteiger partial charge in [-0.25, -0.2) is 0 Å². The quantitative estimate of drug-likeness (QED) is 0.853. The minimum absolute atomic E-state index is 0.0282. The van der Waals surface area contributed by atoms with E-state index in [1.807, 2.05) is 37.3 Å². The van der Waals surface area contributed by atoms with Gasteiger partial charge in [-0.05, 0) is 43.2 Å². The number of ether oxygens (including phenoxy) is 1. The molecule has 0 saturated heterocycles. The molecule has 2 aromatic carbocycles. The SMILES string of the molecule is CCOc1ccc(C(=O)N(C)C(CCO)c2ccccc2)cc1. The molecule has 4 heteroatoms. The van der Waals surface area contributed by atoms with Crippen molar-refractivity contribution in [3.05, 3.63) is 65.7 Å². The standard InChI is InChI=1S/C19H23NO3/c1-3-23-17-11-9-16(10-12-17)19(22)20(2)18(13-14-21)15-7-5-4-6-8-15/h4-12,18,21H,3,13-14H2,1-2H3. The second-order valence-electron chi connectivity index (χ2n) is 5.31. The Labute approximate surface area is 137 Å². The molecule has 0 radical (unpaired) electrons. The number of hydrogen-bond acceptors (Lipinski definition) is 3. The van der Waals surface area contributed by atoms with Crippen LogP contribution in [-0.2, 0) is 0 Å².